The van der Waals surface area contributed by atoms with E-state index in [2.05, 4.69) is 6.92 Å². The van der Waals surface area contributed by atoms with Gasteiger partial charge in [0.1, 0.15) is 5.75 Å². The molecule has 0 heterocycles. The fourth-order valence-electron chi connectivity index (χ4n) is 1.51. The molecule has 1 aromatic rings. The van der Waals surface area contributed by atoms with Gasteiger partial charge in [-0.25, -0.2) is 0 Å². The summed E-state index contributed by atoms with van der Waals surface area (Å²) in [5, 5.41) is 18.5. The van der Waals surface area contributed by atoms with Crippen LogP contribution in [0.4, 0.5) is 0 Å². The summed E-state index contributed by atoms with van der Waals surface area (Å²) in [7, 11) is 0. The number of hydrogen-bond donors (Lipinski definition) is 2. The van der Waals surface area contributed by atoms with Gasteiger partial charge in [0, 0.05) is 6.61 Å². The van der Waals surface area contributed by atoms with Gasteiger partial charge in [0.2, 0.25) is 0 Å². The van der Waals surface area contributed by atoms with Crippen LogP contribution in [-0.2, 0) is 6.42 Å². The van der Waals surface area contributed by atoms with Crippen molar-refractivity contribution in [2.45, 2.75) is 26.2 Å². The summed E-state index contributed by atoms with van der Waals surface area (Å²) in [4.78, 5) is 0. The van der Waals surface area contributed by atoms with E-state index in [1.165, 1.54) is 0 Å². The number of hydrogen-bond acceptors (Lipinski definition) is 2. The molecule has 2 nitrogen and oxygen atoms in total. The summed E-state index contributed by atoms with van der Waals surface area (Å²) < 4.78 is 0. The largest absolute Gasteiger partial charge is 0.508 e. The van der Waals surface area contributed by atoms with E-state index in [4.69, 9.17) is 5.11 Å². The number of para-hydroxylation sites is 1. The van der Waals surface area contributed by atoms with Crippen LogP contribution in [0.3, 0.4) is 0 Å². The molecule has 0 bridgehead atoms. The van der Waals surface area contributed by atoms with Gasteiger partial charge in [-0.3, -0.25) is 0 Å². The van der Waals surface area contributed by atoms with Crippen LogP contribution < -0.4 is 0 Å². The topological polar surface area (TPSA) is 40.5 Å². The Morgan fingerprint density at radius 2 is 2.00 bits per heavy atom. The van der Waals surface area contributed by atoms with Crippen LogP contribution in [-0.4, -0.2) is 16.8 Å². The molecule has 0 aliphatic heterocycles. The maximum absolute atomic E-state index is 9.51. The van der Waals surface area contributed by atoms with Gasteiger partial charge in [0.15, 0.2) is 0 Å². The molecule has 0 spiro atoms. The molecule has 0 amide bonds. The van der Waals surface area contributed by atoms with E-state index in [1.807, 2.05) is 18.2 Å². The number of aliphatic hydroxyl groups is 1. The van der Waals surface area contributed by atoms with Crippen molar-refractivity contribution < 1.29 is 10.2 Å². The highest BCUT2D eigenvalue weighted by Crippen LogP contribution is 2.20. The summed E-state index contributed by atoms with van der Waals surface area (Å²) in [5.74, 6) is 0.717. The standard InChI is InChI=1S/C12H18O2/c1-2-10(9-13)7-8-11-5-3-4-6-12(11)14/h3-6,10,13-14H,2,7-9H2,1H3/t10-/m1/s1. The third-order valence-corrected chi connectivity index (χ3v) is 2.65. The Labute approximate surface area is 85.2 Å². The highest BCUT2D eigenvalue weighted by Gasteiger charge is 2.06. The molecule has 0 saturated carbocycles. The molecule has 0 aliphatic carbocycles. The van der Waals surface area contributed by atoms with E-state index in [9.17, 15) is 5.11 Å². The molecule has 0 radical (unpaired) electrons. The van der Waals surface area contributed by atoms with Crippen molar-refractivity contribution in [1.29, 1.82) is 0 Å². The summed E-state index contributed by atoms with van der Waals surface area (Å²) in [6.07, 6.45) is 2.76. The minimum Gasteiger partial charge on any atom is -0.508 e. The average Bonchev–Trinajstić information content (AvgIpc) is 2.22. The molecule has 1 atom stereocenters. The number of aliphatic hydroxyl groups excluding tert-OH is 1. The smallest absolute Gasteiger partial charge is 0.118 e. The number of benzene rings is 1. The van der Waals surface area contributed by atoms with E-state index < -0.39 is 0 Å². The zero-order valence-corrected chi connectivity index (χ0v) is 8.61. The van der Waals surface area contributed by atoms with Crippen molar-refractivity contribution in [3.63, 3.8) is 0 Å². The Bertz CT molecular complexity index is 267. The van der Waals surface area contributed by atoms with Crippen LogP contribution in [0, 0.1) is 5.92 Å². The van der Waals surface area contributed by atoms with Crippen LogP contribution >= 0.6 is 0 Å². The van der Waals surface area contributed by atoms with Crippen molar-refractivity contribution in [1.82, 2.24) is 0 Å². The average molecular weight is 194 g/mol. The maximum Gasteiger partial charge on any atom is 0.118 e. The van der Waals surface area contributed by atoms with E-state index in [0.29, 0.717) is 11.7 Å². The van der Waals surface area contributed by atoms with E-state index in [1.54, 1.807) is 6.07 Å². The molecule has 78 valence electrons. The Morgan fingerprint density at radius 1 is 1.29 bits per heavy atom. The molecular formula is C12H18O2. The SMILES string of the molecule is CC[C@@H](CO)CCc1ccccc1O. The number of phenols is 1. The summed E-state index contributed by atoms with van der Waals surface area (Å²) in [6.45, 7) is 2.32. The van der Waals surface area contributed by atoms with Crippen molar-refractivity contribution in [2.24, 2.45) is 5.92 Å². The first-order chi connectivity index (χ1) is 6.77. The van der Waals surface area contributed by atoms with Gasteiger partial charge >= 0.3 is 0 Å². The van der Waals surface area contributed by atoms with Gasteiger partial charge in [0.05, 0.1) is 0 Å². The molecule has 0 fully saturated rings. The van der Waals surface area contributed by atoms with Gasteiger partial charge in [-0.1, -0.05) is 31.5 Å². The second kappa shape index (κ2) is 5.66. The summed E-state index contributed by atoms with van der Waals surface area (Å²) in [5.41, 5.74) is 0.972. The highest BCUT2D eigenvalue weighted by atomic mass is 16.3. The Balaban J connectivity index is 2.49. The Hall–Kier alpha value is -1.02. The lowest BCUT2D eigenvalue weighted by atomic mass is 9.98. The zero-order chi connectivity index (χ0) is 10.4. The molecule has 1 aromatic carbocycles. The summed E-state index contributed by atoms with van der Waals surface area (Å²) in [6, 6.07) is 7.38. The molecule has 0 saturated heterocycles. The van der Waals surface area contributed by atoms with Crippen molar-refractivity contribution in [3.8, 4) is 5.75 Å². The van der Waals surface area contributed by atoms with E-state index in [-0.39, 0.29) is 6.61 Å². The van der Waals surface area contributed by atoms with Gasteiger partial charge in [-0.05, 0) is 30.4 Å². The van der Waals surface area contributed by atoms with Gasteiger partial charge in [-0.2, -0.15) is 0 Å². The van der Waals surface area contributed by atoms with Gasteiger partial charge in [0.25, 0.3) is 0 Å². The van der Waals surface area contributed by atoms with Gasteiger partial charge in [-0.15, -0.1) is 0 Å². The van der Waals surface area contributed by atoms with Crippen LogP contribution in [0.25, 0.3) is 0 Å². The second-order valence-electron chi connectivity index (χ2n) is 3.62. The molecule has 0 aliphatic rings. The predicted molar refractivity (Wildman–Crippen MR) is 57.3 cm³/mol. The van der Waals surface area contributed by atoms with Crippen LogP contribution in [0.2, 0.25) is 0 Å². The zero-order valence-electron chi connectivity index (χ0n) is 8.61. The molecule has 14 heavy (non-hydrogen) atoms. The van der Waals surface area contributed by atoms with Crippen molar-refractivity contribution in [3.05, 3.63) is 29.8 Å². The van der Waals surface area contributed by atoms with Crippen molar-refractivity contribution in [2.75, 3.05) is 6.61 Å². The highest BCUT2D eigenvalue weighted by molar-refractivity contribution is 5.31. The molecule has 2 N–H and O–H groups in total. The molecule has 0 aromatic heterocycles. The lowest BCUT2D eigenvalue weighted by molar-refractivity contribution is 0.215. The normalized spacial score (nSPS) is 12.7. The first-order valence-corrected chi connectivity index (χ1v) is 5.15. The van der Waals surface area contributed by atoms with Crippen LogP contribution in [0.5, 0.6) is 5.75 Å². The molecule has 2 heteroatoms. The number of phenolic OH excluding ortho intramolecular Hbond substituents is 1. The van der Waals surface area contributed by atoms with Crippen LogP contribution in [0.1, 0.15) is 25.3 Å². The fraction of sp³-hybridized carbons (Fsp3) is 0.500. The third kappa shape index (κ3) is 3.04. The van der Waals surface area contributed by atoms with Crippen molar-refractivity contribution >= 4 is 0 Å². The third-order valence-electron chi connectivity index (χ3n) is 2.65. The molecule has 1 rings (SSSR count). The summed E-state index contributed by atoms with van der Waals surface area (Å²) >= 11 is 0. The van der Waals surface area contributed by atoms with Crippen LogP contribution in [0.15, 0.2) is 24.3 Å². The fourth-order valence-corrected chi connectivity index (χ4v) is 1.51. The van der Waals surface area contributed by atoms with Gasteiger partial charge < -0.3 is 10.2 Å². The first-order valence-electron chi connectivity index (χ1n) is 5.15. The number of rotatable bonds is 5. The maximum atomic E-state index is 9.51. The van der Waals surface area contributed by atoms with E-state index >= 15 is 0 Å². The monoisotopic (exact) mass is 194 g/mol. The minimum absolute atomic E-state index is 0.240. The Kier molecular flexibility index (Phi) is 4.47. The van der Waals surface area contributed by atoms with E-state index in [0.717, 1.165) is 24.8 Å². The lowest BCUT2D eigenvalue weighted by Gasteiger charge is -2.11. The number of aromatic hydroxyl groups is 1. The number of aryl methyl sites for hydroxylation is 1. The quantitative estimate of drug-likeness (QED) is 0.755. The minimum atomic E-state index is 0.240. The lowest BCUT2D eigenvalue weighted by Crippen LogP contribution is -2.05. The molecule has 0 unspecified atom stereocenters. The molecular weight excluding hydrogens is 176 g/mol. The first kappa shape index (κ1) is 11.1. The Morgan fingerprint density at radius 3 is 2.57 bits per heavy atom. The predicted octanol–water partition coefficient (Wildman–Crippen LogP) is 2.34. The second-order valence-corrected chi connectivity index (χ2v) is 3.62.